The van der Waals surface area contributed by atoms with Gasteiger partial charge in [-0.1, -0.05) is 6.07 Å². The third-order valence-corrected chi connectivity index (χ3v) is 3.36. The first-order chi connectivity index (χ1) is 11.2. The van der Waals surface area contributed by atoms with E-state index < -0.39 is 0 Å². The number of pyridine rings is 1. The minimum atomic E-state index is -0.133. The van der Waals surface area contributed by atoms with Crippen molar-refractivity contribution in [1.82, 2.24) is 24.8 Å². The second-order valence-electron chi connectivity index (χ2n) is 4.98. The zero-order chi connectivity index (χ0) is 16.2. The molecule has 0 aliphatic rings. The van der Waals surface area contributed by atoms with E-state index in [9.17, 15) is 4.79 Å². The number of hydrogen-bond donors (Lipinski definition) is 1. The van der Waals surface area contributed by atoms with Crippen LogP contribution in [0.15, 0.2) is 30.5 Å². The van der Waals surface area contributed by atoms with E-state index in [4.69, 9.17) is 4.74 Å². The van der Waals surface area contributed by atoms with E-state index >= 15 is 0 Å². The molecule has 23 heavy (non-hydrogen) atoms. The van der Waals surface area contributed by atoms with Crippen LogP contribution in [-0.4, -0.2) is 37.8 Å². The average Bonchev–Trinajstić information content (AvgIpc) is 2.97. The molecule has 3 aromatic heterocycles. The van der Waals surface area contributed by atoms with Crippen LogP contribution >= 0.6 is 0 Å². The lowest BCUT2D eigenvalue weighted by Crippen LogP contribution is -2.15. The molecule has 0 saturated heterocycles. The van der Waals surface area contributed by atoms with Crippen molar-refractivity contribution in [2.24, 2.45) is 0 Å². The van der Waals surface area contributed by atoms with Crippen LogP contribution in [0, 0.1) is 6.92 Å². The summed E-state index contributed by atoms with van der Waals surface area (Å²) in [4.78, 5) is 16.2. The minimum Gasteiger partial charge on any atom is -0.480 e. The van der Waals surface area contributed by atoms with Crippen molar-refractivity contribution in [1.29, 1.82) is 0 Å². The first-order valence-corrected chi connectivity index (χ1v) is 7.14. The predicted molar refractivity (Wildman–Crippen MR) is 83.3 cm³/mol. The smallest absolute Gasteiger partial charge is 0.231 e. The maximum Gasteiger partial charge on any atom is 0.231 e. The van der Waals surface area contributed by atoms with Gasteiger partial charge in [-0.25, -0.2) is 4.98 Å². The van der Waals surface area contributed by atoms with E-state index in [1.165, 1.54) is 0 Å². The van der Waals surface area contributed by atoms with E-state index in [1.807, 2.05) is 19.1 Å². The quantitative estimate of drug-likeness (QED) is 0.765. The first kappa shape index (κ1) is 14.9. The lowest BCUT2D eigenvalue weighted by Gasteiger charge is -2.06. The number of anilines is 1. The van der Waals surface area contributed by atoms with Gasteiger partial charge in [0.1, 0.15) is 5.82 Å². The van der Waals surface area contributed by atoms with Gasteiger partial charge in [0.15, 0.2) is 11.5 Å². The minimum absolute atomic E-state index is 0.133. The maximum atomic E-state index is 12.1. The molecule has 0 radical (unpaired) electrons. The second kappa shape index (κ2) is 6.39. The molecule has 0 saturated carbocycles. The molecular formula is C15H16N6O2. The highest BCUT2D eigenvalue weighted by atomic mass is 16.5. The molecule has 3 heterocycles. The summed E-state index contributed by atoms with van der Waals surface area (Å²) in [5.74, 6) is 1.51. The molecule has 8 heteroatoms. The average molecular weight is 312 g/mol. The summed E-state index contributed by atoms with van der Waals surface area (Å²) in [5.41, 5.74) is 1.53. The van der Waals surface area contributed by atoms with E-state index in [-0.39, 0.29) is 12.3 Å². The van der Waals surface area contributed by atoms with Gasteiger partial charge in [0.25, 0.3) is 0 Å². The van der Waals surface area contributed by atoms with E-state index in [0.29, 0.717) is 29.6 Å². The molecule has 0 fully saturated rings. The Labute approximate surface area is 132 Å². The van der Waals surface area contributed by atoms with Gasteiger partial charge in [-0.2, -0.15) is 4.52 Å². The molecule has 0 spiro atoms. The largest absolute Gasteiger partial charge is 0.480 e. The third-order valence-electron chi connectivity index (χ3n) is 3.36. The van der Waals surface area contributed by atoms with Gasteiger partial charge < -0.3 is 10.1 Å². The standard InChI is InChI=1S/C15H16N6O2/c1-10-4-3-9-16-15(10)17-13(22)7-5-11-18-19-12-6-8-14(23-2)20-21(11)12/h3-4,6,8-9H,5,7H2,1-2H3,(H,16,17,22). The summed E-state index contributed by atoms with van der Waals surface area (Å²) in [7, 11) is 1.54. The fourth-order valence-corrected chi connectivity index (χ4v) is 2.12. The molecule has 0 aliphatic heterocycles. The molecule has 0 atom stereocenters. The topological polar surface area (TPSA) is 94.3 Å². The molecule has 0 aromatic carbocycles. The Balaban J connectivity index is 1.68. The van der Waals surface area contributed by atoms with Crippen LogP contribution in [0.3, 0.4) is 0 Å². The molecule has 0 unspecified atom stereocenters. The molecule has 8 nitrogen and oxygen atoms in total. The third kappa shape index (κ3) is 3.25. The van der Waals surface area contributed by atoms with Crippen molar-refractivity contribution in [3.8, 4) is 5.88 Å². The summed E-state index contributed by atoms with van der Waals surface area (Å²) in [6.45, 7) is 1.89. The zero-order valence-electron chi connectivity index (χ0n) is 12.9. The van der Waals surface area contributed by atoms with E-state index in [0.717, 1.165) is 5.56 Å². The molecule has 0 aliphatic carbocycles. The molecule has 3 rings (SSSR count). The Morgan fingerprint density at radius 2 is 2.17 bits per heavy atom. The first-order valence-electron chi connectivity index (χ1n) is 7.14. The lowest BCUT2D eigenvalue weighted by atomic mass is 10.2. The summed E-state index contributed by atoms with van der Waals surface area (Å²) < 4.78 is 6.67. The van der Waals surface area contributed by atoms with Gasteiger partial charge in [-0.05, 0) is 24.6 Å². The van der Waals surface area contributed by atoms with Crippen LogP contribution in [-0.2, 0) is 11.2 Å². The Hall–Kier alpha value is -3.03. The Morgan fingerprint density at radius 1 is 1.30 bits per heavy atom. The number of amides is 1. The molecule has 118 valence electrons. The number of fused-ring (bicyclic) bond motifs is 1. The fourth-order valence-electron chi connectivity index (χ4n) is 2.12. The predicted octanol–water partition coefficient (Wildman–Crippen LogP) is 1.41. The highest BCUT2D eigenvalue weighted by Crippen LogP contribution is 2.12. The normalized spacial score (nSPS) is 10.7. The van der Waals surface area contributed by atoms with E-state index in [1.54, 1.807) is 30.0 Å². The Kier molecular flexibility index (Phi) is 4.13. The lowest BCUT2D eigenvalue weighted by molar-refractivity contribution is -0.116. The molecule has 1 N–H and O–H groups in total. The number of carbonyl (C=O) groups excluding carboxylic acids is 1. The van der Waals surface area contributed by atoms with Gasteiger partial charge in [0.05, 0.1) is 7.11 Å². The number of aromatic nitrogens is 5. The van der Waals surface area contributed by atoms with Gasteiger partial charge in [-0.15, -0.1) is 15.3 Å². The van der Waals surface area contributed by atoms with E-state index in [2.05, 4.69) is 25.6 Å². The van der Waals surface area contributed by atoms with Crippen LogP contribution in [0.4, 0.5) is 5.82 Å². The van der Waals surface area contributed by atoms with Crippen LogP contribution in [0.5, 0.6) is 5.88 Å². The van der Waals surface area contributed by atoms with Crippen LogP contribution in [0.2, 0.25) is 0 Å². The Morgan fingerprint density at radius 3 is 2.96 bits per heavy atom. The number of methoxy groups -OCH3 is 1. The van der Waals surface area contributed by atoms with Crippen molar-refractivity contribution < 1.29 is 9.53 Å². The highest BCUT2D eigenvalue weighted by molar-refractivity contribution is 5.90. The van der Waals surface area contributed by atoms with Crippen LogP contribution in [0.1, 0.15) is 17.8 Å². The number of aryl methyl sites for hydroxylation is 2. The molecule has 1 amide bonds. The molecule has 0 bridgehead atoms. The molecular weight excluding hydrogens is 296 g/mol. The van der Waals surface area contributed by atoms with Gasteiger partial charge >= 0.3 is 0 Å². The number of carbonyl (C=O) groups is 1. The monoisotopic (exact) mass is 312 g/mol. The number of hydrogen-bond acceptors (Lipinski definition) is 6. The van der Waals surface area contributed by atoms with Crippen molar-refractivity contribution in [3.05, 3.63) is 41.9 Å². The number of nitrogens with zero attached hydrogens (tertiary/aromatic N) is 5. The highest BCUT2D eigenvalue weighted by Gasteiger charge is 2.11. The maximum absolute atomic E-state index is 12.1. The number of ether oxygens (including phenoxy) is 1. The van der Waals surface area contributed by atoms with Crippen molar-refractivity contribution in [2.45, 2.75) is 19.8 Å². The summed E-state index contributed by atoms with van der Waals surface area (Å²) >= 11 is 0. The molecule has 3 aromatic rings. The van der Waals surface area contributed by atoms with Crippen molar-refractivity contribution in [2.75, 3.05) is 12.4 Å². The van der Waals surface area contributed by atoms with Crippen LogP contribution < -0.4 is 10.1 Å². The van der Waals surface area contributed by atoms with Gasteiger partial charge in [-0.3, -0.25) is 4.79 Å². The van der Waals surface area contributed by atoms with Crippen molar-refractivity contribution >= 4 is 17.4 Å². The van der Waals surface area contributed by atoms with Crippen LogP contribution in [0.25, 0.3) is 5.65 Å². The van der Waals surface area contributed by atoms with Crippen molar-refractivity contribution in [3.63, 3.8) is 0 Å². The van der Waals surface area contributed by atoms with Gasteiger partial charge in [0.2, 0.25) is 11.8 Å². The second-order valence-corrected chi connectivity index (χ2v) is 4.98. The summed E-state index contributed by atoms with van der Waals surface area (Å²) in [6.07, 6.45) is 2.32. The fraction of sp³-hybridized carbons (Fsp3) is 0.267. The SMILES string of the molecule is COc1ccc2nnc(CCC(=O)Nc3ncccc3C)n2n1. The number of rotatable bonds is 5. The van der Waals surface area contributed by atoms with Gasteiger partial charge in [0, 0.05) is 25.1 Å². The number of nitrogens with one attached hydrogen (secondary N) is 1. The zero-order valence-corrected chi connectivity index (χ0v) is 12.9. The summed E-state index contributed by atoms with van der Waals surface area (Å²) in [5, 5.41) is 15.1. The summed E-state index contributed by atoms with van der Waals surface area (Å²) in [6, 6.07) is 7.20. The Bertz CT molecular complexity index is 845.